The van der Waals surface area contributed by atoms with Crippen molar-refractivity contribution in [2.45, 2.75) is 6.61 Å². The van der Waals surface area contributed by atoms with Crippen LogP contribution in [0.15, 0.2) is 53.4 Å². The monoisotopic (exact) mass is 367 g/mol. The molecule has 130 valence electrons. The van der Waals surface area contributed by atoms with Crippen LogP contribution in [0.25, 0.3) is 6.08 Å². The fourth-order valence-electron chi connectivity index (χ4n) is 2.39. The van der Waals surface area contributed by atoms with Gasteiger partial charge in [-0.1, -0.05) is 36.3 Å². The average Bonchev–Trinajstić information content (AvgIpc) is 2.89. The lowest BCUT2D eigenvalue weighted by Gasteiger charge is -2.10. The fraction of sp³-hybridized carbons (Fsp3) is 0.100. The molecule has 2 aromatic carbocycles. The number of amides is 2. The number of rotatable bonds is 5. The minimum absolute atomic E-state index is 0.0558. The highest BCUT2D eigenvalue weighted by Crippen LogP contribution is 2.33. The number of hydrogen-bond donors (Lipinski definition) is 0. The second-order valence-electron chi connectivity index (χ2n) is 5.43. The van der Waals surface area contributed by atoms with Gasteiger partial charge in [-0.15, -0.1) is 6.42 Å². The predicted molar refractivity (Wildman–Crippen MR) is 98.7 cm³/mol. The van der Waals surface area contributed by atoms with Crippen LogP contribution >= 0.6 is 11.8 Å². The molecule has 6 heteroatoms. The first kappa shape index (κ1) is 17.8. The summed E-state index contributed by atoms with van der Waals surface area (Å²) >= 11 is 0.840. The first-order valence-corrected chi connectivity index (χ1v) is 8.55. The first-order chi connectivity index (χ1) is 12.6. The number of halogens is 1. The molecule has 1 fully saturated rings. The van der Waals surface area contributed by atoms with Crippen LogP contribution in [0.1, 0.15) is 11.1 Å². The number of carbonyl (C=O) groups excluding carboxylic acids is 2. The summed E-state index contributed by atoms with van der Waals surface area (Å²) in [6, 6.07) is 13.2. The summed E-state index contributed by atoms with van der Waals surface area (Å²) in [5.41, 5.74) is 1.34. The highest BCUT2D eigenvalue weighted by atomic mass is 32.2. The third-order valence-corrected chi connectivity index (χ3v) is 4.52. The molecule has 0 aromatic heterocycles. The summed E-state index contributed by atoms with van der Waals surface area (Å²) in [6.45, 7) is 0.126. The van der Waals surface area contributed by atoms with Gasteiger partial charge in [-0.25, -0.2) is 4.39 Å². The zero-order valence-corrected chi connectivity index (χ0v) is 14.5. The van der Waals surface area contributed by atoms with Gasteiger partial charge in [0.1, 0.15) is 18.2 Å². The Morgan fingerprint density at radius 1 is 1.19 bits per heavy atom. The number of para-hydroxylation sites is 1. The van der Waals surface area contributed by atoms with Gasteiger partial charge in [0.05, 0.1) is 11.4 Å². The van der Waals surface area contributed by atoms with Crippen molar-refractivity contribution in [3.05, 3.63) is 70.4 Å². The molecular weight excluding hydrogens is 353 g/mol. The molecule has 0 atom stereocenters. The Bertz CT molecular complexity index is 933. The van der Waals surface area contributed by atoms with Gasteiger partial charge in [-0.3, -0.25) is 14.5 Å². The number of benzene rings is 2. The molecule has 0 bridgehead atoms. The first-order valence-electron chi connectivity index (χ1n) is 7.73. The SMILES string of the molecule is C#CCN1C(=O)SC(=Cc2ccccc2OCc2cccc(F)c2)C1=O. The van der Waals surface area contributed by atoms with Crippen LogP contribution in [-0.4, -0.2) is 22.6 Å². The van der Waals surface area contributed by atoms with Crippen molar-refractivity contribution >= 4 is 29.0 Å². The van der Waals surface area contributed by atoms with Crippen molar-refractivity contribution < 1.29 is 18.7 Å². The summed E-state index contributed by atoms with van der Waals surface area (Å²) in [6.07, 6.45) is 6.79. The quantitative estimate of drug-likeness (QED) is 0.590. The van der Waals surface area contributed by atoms with Crippen LogP contribution in [0.3, 0.4) is 0 Å². The van der Waals surface area contributed by atoms with Gasteiger partial charge in [0.25, 0.3) is 11.1 Å². The normalized spacial score (nSPS) is 15.4. The number of ether oxygens (including phenoxy) is 1. The minimum Gasteiger partial charge on any atom is -0.488 e. The third-order valence-electron chi connectivity index (χ3n) is 3.61. The number of thioether (sulfide) groups is 1. The van der Waals surface area contributed by atoms with E-state index in [0.29, 0.717) is 16.9 Å². The molecule has 26 heavy (non-hydrogen) atoms. The molecule has 4 nitrogen and oxygen atoms in total. The van der Waals surface area contributed by atoms with Crippen molar-refractivity contribution in [1.82, 2.24) is 4.90 Å². The molecule has 0 N–H and O–H groups in total. The van der Waals surface area contributed by atoms with Crippen LogP contribution < -0.4 is 4.74 Å². The molecule has 0 unspecified atom stereocenters. The molecular formula is C20H14FNO3S. The Morgan fingerprint density at radius 3 is 2.77 bits per heavy atom. The number of nitrogens with zero attached hydrogens (tertiary/aromatic N) is 1. The van der Waals surface area contributed by atoms with Gasteiger partial charge in [0.15, 0.2) is 0 Å². The maximum absolute atomic E-state index is 13.3. The van der Waals surface area contributed by atoms with Gasteiger partial charge in [-0.2, -0.15) is 0 Å². The molecule has 0 saturated carbocycles. The molecule has 0 aliphatic carbocycles. The Kier molecular flexibility index (Phi) is 5.40. The lowest BCUT2D eigenvalue weighted by molar-refractivity contribution is -0.122. The standard InChI is InChI=1S/C20H14FNO3S/c1-2-10-22-19(23)18(26-20(22)24)12-15-7-3-4-9-17(15)25-13-14-6-5-8-16(21)11-14/h1,3-9,11-12H,10,13H2. The molecule has 0 radical (unpaired) electrons. The van der Waals surface area contributed by atoms with Crippen molar-refractivity contribution in [2.75, 3.05) is 6.54 Å². The lowest BCUT2D eigenvalue weighted by Crippen LogP contribution is -2.28. The highest BCUT2D eigenvalue weighted by Gasteiger charge is 2.34. The van der Waals surface area contributed by atoms with E-state index in [1.807, 2.05) is 0 Å². The molecule has 1 aliphatic rings. The van der Waals surface area contributed by atoms with Gasteiger partial charge in [0.2, 0.25) is 0 Å². The fourth-order valence-corrected chi connectivity index (χ4v) is 3.22. The number of imide groups is 1. The molecule has 2 amide bonds. The van der Waals surface area contributed by atoms with Crippen LogP contribution in [0, 0.1) is 18.2 Å². The number of terminal acetylenes is 1. The van der Waals surface area contributed by atoms with E-state index < -0.39 is 11.1 Å². The second-order valence-corrected chi connectivity index (χ2v) is 6.42. The van der Waals surface area contributed by atoms with Gasteiger partial charge < -0.3 is 4.74 Å². The van der Waals surface area contributed by atoms with Crippen molar-refractivity contribution in [3.63, 3.8) is 0 Å². The van der Waals surface area contributed by atoms with Crippen molar-refractivity contribution in [3.8, 4) is 18.1 Å². The zero-order valence-electron chi connectivity index (χ0n) is 13.6. The van der Waals surface area contributed by atoms with E-state index in [0.717, 1.165) is 16.7 Å². The smallest absolute Gasteiger partial charge is 0.294 e. The summed E-state index contributed by atoms with van der Waals surface area (Å²) in [7, 11) is 0. The lowest BCUT2D eigenvalue weighted by atomic mass is 10.1. The molecule has 1 heterocycles. The molecule has 2 aromatic rings. The number of hydrogen-bond acceptors (Lipinski definition) is 4. The summed E-state index contributed by atoms with van der Waals surface area (Å²) in [5.74, 6) is 2.08. The van der Waals surface area contributed by atoms with Crippen LogP contribution in [0.2, 0.25) is 0 Å². The molecule has 1 saturated heterocycles. The Labute approximate surface area is 154 Å². The van der Waals surface area contributed by atoms with Crippen LogP contribution in [-0.2, 0) is 11.4 Å². The molecule has 3 rings (SSSR count). The summed E-state index contributed by atoms with van der Waals surface area (Å²) in [4.78, 5) is 25.4. The van der Waals surface area contributed by atoms with E-state index in [2.05, 4.69) is 5.92 Å². The van der Waals surface area contributed by atoms with Crippen LogP contribution in [0.4, 0.5) is 9.18 Å². The van der Waals surface area contributed by atoms with Crippen LogP contribution in [0.5, 0.6) is 5.75 Å². The van der Waals surface area contributed by atoms with E-state index in [4.69, 9.17) is 11.2 Å². The van der Waals surface area contributed by atoms with Gasteiger partial charge in [0, 0.05) is 5.56 Å². The molecule has 0 spiro atoms. The zero-order chi connectivity index (χ0) is 18.5. The van der Waals surface area contributed by atoms with Gasteiger partial charge >= 0.3 is 0 Å². The maximum Gasteiger partial charge on any atom is 0.294 e. The molecule has 1 aliphatic heterocycles. The summed E-state index contributed by atoms with van der Waals surface area (Å²) < 4.78 is 19.0. The average molecular weight is 367 g/mol. The third kappa shape index (κ3) is 3.95. The topological polar surface area (TPSA) is 46.6 Å². The Morgan fingerprint density at radius 2 is 2.00 bits per heavy atom. The van der Waals surface area contributed by atoms with E-state index in [-0.39, 0.29) is 23.9 Å². The van der Waals surface area contributed by atoms with Crippen molar-refractivity contribution in [2.24, 2.45) is 0 Å². The minimum atomic E-state index is -0.419. The summed E-state index contributed by atoms with van der Waals surface area (Å²) in [5, 5.41) is -0.391. The number of carbonyl (C=O) groups is 2. The second kappa shape index (κ2) is 7.89. The van der Waals surface area contributed by atoms with E-state index in [1.54, 1.807) is 42.5 Å². The largest absolute Gasteiger partial charge is 0.488 e. The van der Waals surface area contributed by atoms with Gasteiger partial charge in [-0.05, 0) is 41.6 Å². The van der Waals surface area contributed by atoms with E-state index in [9.17, 15) is 14.0 Å². The Hall–Kier alpha value is -3.04. The maximum atomic E-state index is 13.3. The highest BCUT2D eigenvalue weighted by molar-refractivity contribution is 8.18. The predicted octanol–water partition coefficient (Wildman–Crippen LogP) is 4.07. The van der Waals surface area contributed by atoms with E-state index in [1.165, 1.54) is 12.1 Å². The van der Waals surface area contributed by atoms with E-state index >= 15 is 0 Å². The van der Waals surface area contributed by atoms with Crippen molar-refractivity contribution in [1.29, 1.82) is 0 Å². The Balaban J connectivity index is 1.80.